The second-order valence-corrected chi connectivity index (χ2v) is 4.89. The van der Waals surface area contributed by atoms with Gasteiger partial charge in [-0.25, -0.2) is 0 Å². The highest BCUT2D eigenvalue weighted by molar-refractivity contribution is 5.74. The van der Waals surface area contributed by atoms with Gasteiger partial charge in [0.1, 0.15) is 0 Å². The van der Waals surface area contributed by atoms with E-state index >= 15 is 0 Å². The molecule has 0 spiro atoms. The molecule has 1 aromatic carbocycles. The van der Waals surface area contributed by atoms with Gasteiger partial charge in [-0.3, -0.25) is 4.79 Å². The van der Waals surface area contributed by atoms with Crippen LogP contribution in [0.25, 0.3) is 0 Å². The largest absolute Gasteiger partial charge is 0.372 e. The number of rotatable bonds is 3. The van der Waals surface area contributed by atoms with Crippen molar-refractivity contribution in [2.75, 3.05) is 26.7 Å². The second kappa shape index (κ2) is 5.98. The number of primary amides is 1. The molecular weight excluding hydrogens is 228 g/mol. The zero-order valence-corrected chi connectivity index (χ0v) is 10.7. The first-order valence-corrected chi connectivity index (χ1v) is 6.30. The minimum absolute atomic E-state index is 0.0383. The molecule has 0 radical (unpaired) electrons. The van der Waals surface area contributed by atoms with Gasteiger partial charge in [-0.15, -0.1) is 0 Å². The lowest BCUT2D eigenvalue weighted by Gasteiger charge is -2.25. The number of amides is 1. The van der Waals surface area contributed by atoms with E-state index in [2.05, 4.69) is 4.90 Å². The standard InChI is InChI=1S/C14H20N2O2/c1-16-7-8-18-14(11-5-3-2-4-6-11)12(10-16)9-13(15)17/h2-6,12,14H,7-10H2,1H3,(H2,15,17). The van der Waals surface area contributed by atoms with Crippen LogP contribution in [0, 0.1) is 5.92 Å². The van der Waals surface area contributed by atoms with Crippen molar-refractivity contribution in [1.29, 1.82) is 0 Å². The molecule has 4 nitrogen and oxygen atoms in total. The average Bonchev–Trinajstić information content (AvgIpc) is 2.51. The zero-order valence-electron chi connectivity index (χ0n) is 10.7. The van der Waals surface area contributed by atoms with Gasteiger partial charge >= 0.3 is 0 Å². The number of likely N-dealkylation sites (N-methyl/N-ethyl adjacent to an activating group) is 1. The van der Waals surface area contributed by atoms with Crippen LogP contribution in [0.3, 0.4) is 0 Å². The molecule has 1 aromatic rings. The molecule has 98 valence electrons. The lowest BCUT2D eigenvalue weighted by atomic mass is 9.92. The van der Waals surface area contributed by atoms with Gasteiger partial charge in [0.2, 0.25) is 5.91 Å². The van der Waals surface area contributed by atoms with Crippen LogP contribution in [-0.2, 0) is 9.53 Å². The summed E-state index contributed by atoms with van der Waals surface area (Å²) in [6, 6.07) is 10.1. The van der Waals surface area contributed by atoms with E-state index in [1.165, 1.54) is 0 Å². The first-order valence-electron chi connectivity index (χ1n) is 6.30. The van der Waals surface area contributed by atoms with Crippen molar-refractivity contribution in [3.8, 4) is 0 Å². The molecule has 1 amide bonds. The molecule has 1 aliphatic rings. The number of nitrogens with zero attached hydrogens (tertiary/aromatic N) is 1. The summed E-state index contributed by atoms with van der Waals surface area (Å²) in [6.45, 7) is 2.41. The maximum absolute atomic E-state index is 11.2. The van der Waals surface area contributed by atoms with Crippen molar-refractivity contribution in [2.45, 2.75) is 12.5 Å². The predicted octanol–water partition coefficient (Wildman–Crippen LogP) is 1.18. The van der Waals surface area contributed by atoms with Gasteiger partial charge in [0, 0.05) is 25.4 Å². The van der Waals surface area contributed by atoms with Crippen LogP contribution in [0.4, 0.5) is 0 Å². The highest BCUT2D eigenvalue weighted by atomic mass is 16.5. The minimum Gasteiger partial charge on any atom is -0.372 e. The summed E-state index contributed by atoms with van der Waals surface area (Å²) in [6.07, 6.45) is 0.327. The molecule has 1 saturated heterocycles. The van der Waals surface area contributed by atoms with Crippen LogP contribution in [0.2, 0.25) is 0 Å². The number of hydrogen-bond acceptors (Lipinski definition) is 3. The first-order chi connectivity index (χ1) is 8.66. The van der Waals surface area contributed by atoms with Crippen molar-refractivity contribution >= 4 is 5.91 Å². The van der Waals surface area contributed by atoms with Gasteiger partial charge in [0.25, 0.3) is 0 Å². The predicted molar refractivity (Wildman–Crippen MR) is 69.9 cm³/mol. The van der Waals surface area contributed by atoms with E-state index in [0.717, 1.165) is 18.7 Å². The third-order valence-corrected chi connectivity index (χ3v) is 3.34. The molecule has 2 rings (SSSR count). The average molecular weight is 248 g/mol. The molecule has 4 heteroatoms. The van der Waals surface area contributed by atoms with Gasteiger partial charge in [-0.05, 0) is 12.6 Å². The molecule has 1 aliphatic heterocycles. The minimum atomic E-state index is -0.264. The first kappa shape index (κ1) is 13.1. The number of carbonyl (C=O) groups is 1. The van der Waals surface area contributed by atoms with Crippen molar-refractivity contribution in [3.63, 3.8) is 0 Å². The summed E-state index contributed by atoms with van der Waals surface area (Å²) in [4.78, 5) is 13.4. The third-order valence-electron chi connectivity index (χ3n) is 3.34. The fraction of sp³-hybridized carbons (Fsp3) is 0.500. The SMILES string of the molecule is CN1CCOC(c2ccccc2)C(CC(N)=O)C1. The van der Waals surface area contributed by atoms with Gasteiger partial charge in [0.05, 0.1) is 12.7 Å². The zero-order chi connectivity index (χ0) is 13.0. The Labute approximate surface area is 108 Å². The Morgan fingerprint density at radius 2 is 2.17 bits per heavy atom. The van der Waals surface area contributed by atoms with E-state index in [-0.39, 0.29) is 17.9 Å². The number of nitrogens with two attached hydrogens (primary N) is 1. The molecule has 2 atom stereocenters. The lowest BCUT2D eigenvalue weighted by Crippen LogP contribution is -2.30. The Hall–Kier alpha value is -1.39. The molecule has 0 bridgehead atoms. The Bertz CT molecular complexity index is 394. The summed E-state index contributed by atoms with van der Waals surface area (Å²) < 4.78 is 5.92. The van der Waals surface area contributed by atoms with Crippen molar-refractivity contribution in [3.05, 3.63) is 35.9 Å². The number of carbonyl (C=O) groups excluding carboxylic acids is 1. The van der Waals surface area contributed by atoms with E-state index in [0.29, 0.717) is 13.0 Å². The Kier molecular flexibility index (Phi) is 4.33. The highest BCUT2D eigenvalue weighted by Gasteiger charge is 2.29. The van der Waals surface area contributed by atoms with Gasteiger partial charge in [-0.2, -0.15) is 0 Å². The second-order valence-electron chi connectivity index (χ2n) is 4.89. The number of ether oxygens (including phenoxy) is 1. The number of benzene rings is 1. The summed E-state index contributed by atoms with van der Waals surface area (Å²) >= 11 is 0. The molecule has 0 saturated carbocycles. The topological polar surface area (TPSA) is 55.6 Å². The van der Waals surface area contributed by atoms with Gasteiger partial charge in [-0.1, -0.05) is 30.3 Å². The van der Waals surface area contributed by atoms with Crippen LogP contribution in [0.5, 0.6) is 0 Å². The van der Waals surface area contributed by atoms with Gasteiger partial charge in [0.15, 0.2) is 0 Å². The third kappa shape index (κ3) is 3.31. The van der Waals surface area contributed by atoms with E-state index < -0.39 is 0 Å². The highest BCUT2D eigenvalue weighted by Crippen LogP contribution is 2.30. The molecule has 1 fully saturated rings. The van der Waals surface area contributed by atoms with E-state index in [9.17, 15) is 4.79 Å². The van der Waals surface area contributed by atoms with Crippen molar-refractivity contribution < 1.29 is 9.53 Å². The lowest BCUT2D eigenvalue weighted by molar-refractivity contribution is -0.120. The Morgan fingerprint density at radius 3 is 2.83 bits per heavy atom. The fourth-order valence-electron chi connectivity index (χ4n) is 2.50. The Morgan fingerprint density at radius 1 is 1.44 bits per heavy atom. The molecule has 0 aliphatic carbocycles. The monoisotopic (exact) mass is 248 g/mol. The quantitative estimate of drug-likeness (QED) is 0.874. The molecule has 0 aromatic heterocycles. The van der Waals surface area contributed by atoms with Crippen LogP contribution in [0.15, 0.2) is 30.3 Å². The van der Waals surface area contributed by atoms with Gasteiger partial charge < -0.3 is 15.4 Å². The van der Waals surface area contributed by atoms with E-state index in [4.69, 9.17) is 10.5 Å². The molecule has 1 heterocycles. The summed E-state index contributed by atoms with van der Waals surface area (Å²) in [5, 5.41) is 0. The molecule has 2 unspecified atom stereocenters. The molecule has 2 N–H and O–H groups in total. The normalized spacial score (nSPS) is 25.6. The van der Waals surface area contributed by atoms with Crippen LogP contribution in [-0.4, -0.2) is 37.6 Å². The fourth-order valence-corrected chi connectivity index (χ4v) is 2.50. The number of hydrogen-bond donors (Lipinski definition) is 1. The van der Waals surface area contributed by atoms with E-state index in [1.807, 2.05) is 37.4 Å². The molecular formula is C14H20N2O2. The Balaban J connectivity index is 2.20. The van der Waals surface area contributed by atoms with Crippen LogP contribution in [0.1, 0.15) is 18.1 Å². The maximum Gasteiger partial charge on any atom is 0.217 e. The van der Waals surface area contributed by atoms with Crippen molar-refractivity contribution in [2.24, 2.45) is 11.7 Å². The summed E-state index contributed by atoms with van der Waals surface area (Å²) in [5.74, 6) is -0.141. The van der Waals surface area contributed by atoms with Crippen molar-refractivity contribution in [1.82, 2.24) is 4.90 Å². The van der Waals surface area contributed by atoms with Crippen LogP contribution >= 0.6 is 0 Å². The molecule has 18 heavy (non-hydrogen) atoms. The van der Waals surface area contributed by atoms with Crippen LogP contribution < -0.4 is 5.73 Å². The summed E-state index contributed by atoms with van der Waals surface area (Å²) in [7, 11) is 2.05. The smallest absolute Gasteiger partial charge is 0.217 e. The van der Waals surface area contributed by atoms with E-state index in [1.54, 1.807) is 0 Å². The maximum atomic E-state index is 11.2. The summed E-state index contributed by atoms with van der Waals surface area (Å²) in [5.41, 5.74) is 6.47.